The van der Waals surface area contributed by atoms with Gasteiger partial charge in [0.25, 0.3) is 0 Å². The summed E-state index contributed by atoms with van der Waals surface area (Å²) in [6, 6.07) is 35.9. The number of furan rings is 1. The molecule has 0 spiro atoms. The molecule has 9 rings (SSSR count). The predicted molar refractivity (Wildman–Crippen MR) is 147 cm³/mol. The van der Waals surface area contributed by atoms with Gasteiger partial charge in [0.2, 0.25) is 0 Å². The summed E-state index contributed by atoms with van der Waals surface area (Å²) in [7, 11) is 0. The summed E-state index contributed by atoms with van der Waals surface area (Å²) in [5, 5.41) is 5.84. The highest BCUT2D eigenvalue weighted by Gasteiger charge is 2.21. The van der Waals surface area contributed by atoms with Crippen LogP contribution in [-0.4, -0.2) is 14.4 Å². The van der Waals surface area contributed by atoms with Gasteiger partial charge in [0.1, 0.15) is 16.7 Å². The minimum atomic E-state index is 0.902. The number of fused-ring (bicyclic) bond motifs is 10. The van der Waals surface area contributed by atoms with Gasteiger partial charge in [-0.3, -0.25) is 4.40 Å². The van der Waals surface area contributed by atoms with E-state index in [1.807, 2.05) is 36.4 Å². The van der Waals surface area contributed by atoms with E-state index in [9.17, 15) is 0 Å². The quantitative estimate of drug-likeness (QED) is 0.248. The van der Waals surface area contributed by atoms with Crippen LogP contribution >= 0.6 is 0 Å². The SMILES string of the molecule is c1ccc2nc3c(nc2c1)c1cc(-c2ccc4c(c2)oc2ccccc24)cc2c4ccccc4n3c21. The molecule has 4 heteroatoms. The van der Waals surface area contributed by atoms with Crippen molar-refractivity contribution in [1.82, 2.24) is 14.4 Å². The smallest absolute Gasteiger partial charge is 0.165 e. The first-order chi connectivity index (χ1) is 17.8. The lowest BCUT2D eigenvalue weighted by atomic mass is 9.99. The molecule has 4 aromatic heterocycles. The van der Waals surface area contributed by atoms with Gasteiger partial charge >= 0.3 is 0 Å². The standard InChI is InChI=1S/C32H17N3O/c1-5-11-27-20(7-1)23-15-19(18-13-14-22-21-8-2-6-12-28(21)36-29(22)17-18)16-24-30-32(35(27)31(23)24)34-26-10-4-3-9-25(26)33-30/h1-17H. The summed E-state index contributed by atoms with van der Waals surface area (Å²) >= 11 is 0. The normalized spacial score (nSPS) is 12.4. The van der Waals surface area contributed by atoms with Gasteiger partial charge in [-0.25, -0.2) is 9.97 Å². The fourth-order valence-electron chi connectivity index (χ4n) is 5.90. The zero-order valence-electron chi connectivity index (χ0n) is 19.1. The molecule has 0 N–H and O–H groups in total. The summed E-state index contributed by atoms with van der Waals surface area (Å²) in [5.41, 5.74) is 10.1. The Balaban J connectivity index is 1.43. The summed E-state index contributed by atoms with van der Waals surface area (Å²) in [4.78, 5) is 10.2. The van der Waals surface area contributed by atoms with Crippen LogP contribution in [0.1, 0.15) is 0 Å². The van der Waals surface area contributed by atoms with Crippen LogP contribution in [0.5, 0.6) is 0 Å². The number of aromatic nitrogens is 3. The van der Waals surface area contributed by atoms with Crippen molar-refractivity contribution in [2.24, 2.45) is 0 Å². The van der Waals surface area contributed by atoms with E-state index in [4.69, 9.17) is 14.4 Å². The van der Waals surface area contributed by atoms with Crippen LogP contribution < -0.4 is 0 Å². The Morgan fingerprint density at radius 2 is 1.25 bits per heavy atom. The largest absolute Gasteiger partial charge is 0.456 e. The Morgan fingerprint density at radius 3 is 2.17 bits per heavy atom. The van der Waals surface area contributed by atoms with Crippen LogP contribution in [0, 0.1) is 0 Å². The van der Waals surface area contributed by atoms with Crippen LogP contribution in [0.25, 0.3) is 82.5 Å². The van der Waals surface area contributed by atoms with E-state index in [0.29, 0.717) is 0 Å². The summed E-state index contributed by atoms with van der Waals surface area (Å²) in [6.07, 6.45) is 0. The lowest BCUT2D eigenvalue weighted by Crippen LogP contribution is -1.88. The molecule has 9 aromatic rings. The van der Waals surface area contributed by atoms with Crippen molar-refractivity contribution in [1.29, 1.82) is 0 Å². The molecule has 0 fully saturated rings. The fourth-order valence-corrected chi connectivity index (χ4v) is 5.90. The average Bonchev–Trinajstić information content (AvgIpc) is 3.57. The summed E-state index contributed by atoms with van der Waals surface area (Å²) in [5.74, 6) is 0. The molecule has 0 saturated heterocycles. The second-order valence-corrected chi connectivity index (χ2v) is 9.47. The van der Waals surface area contributed by atoms with Crippen molar-refractivity contribution in [3.63, 3.8) is 0 Å². The number of hydrogen-bond donors (Lipinski definition) is 0. The van der Waals surface area contributed by atoms with Gasteiger partial charge in [-0.1, -0.05) is 54.6 Å². The van der Waals surface area contributed by atoms with Gasteiger partial charge in [-0.15, -0.1) is 0 Å². The van der Waals surface area contributed by atoms with Crippen molar-refractivity contribution < 1.29 is 4.42 Å². The first kappa shape index (κ1) is 18.4. The highest BCUT2D eigenvalue weighted by molar-refractivity contribution is 6.23. The molecule has 5 aromatic carbocycles. The Hall–Kier alpha value is -4.96. The first-order valence-electron chi connectivity index (χ1n) is 12.1. The lowest BCUT2D eigenvalue weighted by molar-refractivity contribution is 0.669. The number of benzene rings is 5. The molecule has 0 unspecified atom stereocenters. The fraction of sp³-hybridized carbons (Fsp3) is 0. The predicted octanol–water partition coefficient (Wildman–Crippen LogP) is 8.35. The van der Waals surface area contributed by atoms with Crippen molar-refractivity contribution in [3.05, 3.63) is 103 Å². The minimum Gasteiger partial charge on any atom is -0.456 e. The molecule has 0 atom stereocenters. The van der Waals surface area contributed by atoms with E-state index in [1.54, 1.807) is 0 Å². The van der Waals surface area contributed by atoms with Crippen LogP contribution in [0.3, 0.4) is 0 Å². The molecule has 4 nitrogen and oxygen atoms in total. The first-order valence-corrected chi connectivity index (χ1v) is 12.1. The van der Waals surface area contributed by atoms with Gasteiger partial charge in [0, 0.05) is 26.9 Å². The molecule has 0 saturated carbocycles. The molecule has 4 heterocycles. The third kappa shape index (κ3) is 2.24. The van der Waals surface area contributed by atoms with Crippen LogP contribution in [0.15, 0.2) is 108 Å². The number of hydrogen-bond acceptors (Lipinski definition) is 3. The van der Waals surface area contributed by atoms with Gasteiger partial charge in [-0.05, 0) is 59.7 Å². The van der Waals surface area contributed by atoms with Gasteiger partial charge in [-0.2, -0.15) is 0 Å². The van der Waals surface area contributed by atoms with E-state index in [1.165, 1.54) is 16.3 Å². The van der Waals surface area contributed by atoms with Crippen molar-refractivity contribution >= 4 is 71.3 Å². The maximum absolute atomic E-state index is 6.20. The number of para-hydroxylation sites is 4. The third-order valence-corrected chi connectivity index (χ3v) is 7.50. The molecule has 0 radical (unpaired) electrons. The van der Waals surface area contributed by atoms with Crippen molar-refractivity contribution in [2.45, 2.75) is 0 Å². The molecule has 0 aliphatic heterocycles. The topological polar surface area (TPSA) is 43.3 Å². The monoisotopic (exact) mass is 459 g/mol. The Morgan fingerprint density at radius 1 is 0.528 bits per heavy atom. The van der Waals surface area contributed by atoms with Crippen LogP contribution in [-0.2, 0) is 0 Å². The Bertz CT molecular complexity index is 2320. The highest BCUT2D eigenvalue weighted by Crippen LogP contribution is 2.41. The highest BCUT2D eigenvalue weighted by atomic mass is 16.3. The maximum atomic E-state index is 6.20. The molecule has 0 bridgehead atoms. The number of rotatable bonds is 1. The zero-order chi connectivity index (χ0) is 23.4. The Kier molecular flexibility index (Phi) is 3.25. The lowest BCUT2D eigenvalue weighted by Gasteiger charge is -2.04. The average molecular weight is 460 g/mol. The maximum Gasteiger partial charge on any atom is 0.165 e. The van der Waals surface area contributed by atoms with E-state index in [0.717, 1.165) is 66.2 Å². The minimum absolute atomic E-state index is 0.902. The van der Waals surface area contributed by atoms with Crippen molar-refractivity contribution in [2.75, 3.05) is 0 Å². The van der Waals surface area contributed by atoms with E-state index >= 15 is 0 Å². The molecular formula is C32H17N3O. The van der Waals surface area contributed by atoms with E-state index in [-0.39, 0.29) is 0 Å². The van der Waals surface area contributed by atoms with Gasteiger partial charge < -0.3 is 4.42 Å². The molecule has 36 heavy (non-hydrogen) atoms. The second-order valence-electron chi connectivity index (χ2n) is 9.47. The number of nitrogens with zero attached hydrogens (tertiary/aromatic N) is 3. The van der Waals surface area contributed by atoms with E-state index in [2.05, 4.69) is 71.1 Å². The third-order valence-electron chi connectivity index (χ3n) is 7.50. The zero-order valence-corrected chi connectivity index (χ0v) is 19.1. The summed E-state index contributed by atoms with van der Waals surface area (Å²) in [6.45, 7) is 0. The van der Waals surface area contributed by atoms with Gasteiger partial charge in [0.15, 0.2) is 5.65 Å². The molecule has 0 aliphatic carbocycles. The van der Waals surface area contributed by atoms with Gasteiger partial charge in [0.05, 0.1) is 22.1 Å². The second kappa shape index (κ2) is 6.37. The Labute approximate surface area is 204 Å². The molecule has 0 aliphatic rings. The van der Waals surface area contributed by atoms with Crippen LogP contribution in [0.2, 0.25) is 0 Å². The molecule has 0 amide bonds. The van der Waals surface area contributed by atoms with E-state index < -0.39 is 0 Å². The van der Waals surface area contributed by atoms with Crippen molar-refractivity contribution in [3.8, 4) is 11.1 Å². The molecular weight excluding hydrogens is 442 g/mol. The van der Waals surface area contributed by atoms with Crippen LogP contribution in [0.4, 0.5) is 0 Å². The molecule has 166 valence electrons. The summed E-state index contributed by atoms with van der Waals surface area (Å²) < 4.78 is 8.48.